The molecule has 2 aromatic rings. The lowest BCUT2D eigenvalue weighted by atomic mass is 10.2. The van der Waals surface area contributed by atoms with Gasteiger partial charge in [0.2, 0.25) is 0 Å². The van der Waals surface area contributed by atoms with E-state index in [1.54, 1.807) is 30.3 Å². The van der Waals surface area contributed by atoms with Gasteiger partial charge in [0.1, 0.15) is 17.2 Å². The van der Waals surface area contributed by atoms with Crippen molar-refractivity contribution in [2.45, 2.75) is 6.92 Å². The SMILES string of the molecule is Cc1cccc(O)c1/N=C/c1ccccc1O. The van der Waals surface area contributed by atoms with Crippen molar-refractivity contribution in [3.63, 3.8) is 0 Å². The van der Waals surface area contributed by atoms with Crippen LogP contribution in [-0.2, 0) is 0 Å². The van der Waals surface area contributed by atoms with Gasteiger partial charge in [-0.05, 0) is 30.7 Å². The van der Waals surface area contributed by atoms with Crippen LogP contribution in [-0.4, -0.2) is 16.4 Å². The van der Waals surface area contributed by atoms with Crippen LogP contribution in [0.25, 0.3) is 0 Å². The van der Waals surface area contributed by atoms with Crippen molar-refractivity contribution < 1.29 is 10.2 Å². The Hall–Kier alpha value is -2.29. The van der Waals surface area contributed by atoms with Crippen LogP contribution in [0.3, 0.4) is 0 Å². The first-order chi connectivity index (χ1) is 8.18. The van der Waals surface area contributed by atoms with Crippen LogP contribution in [0.4, 0.5) is 5.69 Å². The molecule has 0 heterocycles. The molecule has 0 atom stereocenters. The molecule has 0 aliphatic carbocycles. The molecule has 2 rings (SSSR count). The molecular formula is C14H13NO2. The molecule has 0 radical (unpaired) electrons. The number of aliphatic imine (C=N–C) groups is 1. The molecule has 86 valence electrons. The number of phenols is 2. The minimum atomic E-state index is 0.136. The lowest BCUT2D eigenvalue weighted by molar-refractivity contribution is 0.474. The Morgan fingerprint density at radius 3 is 2.35 bits per heavy atom. The first-order valence-electron chi connectivity index (χ1n) is 5.29. The third-order valence-corrected chi connectivity index (χ3v) is 2.49. The van der Waals surface area contributed by atoms with Crippen molar-refractivity contribution >= 4 is 11.9 Å². The quantitative estimate of drug-likeness (QED) is 0.774. The van der Waals surface area contributed by atoms with Crippen LogP contribution in [0.5, 0.6) is 11.5 Å². The standard InChI is InChI=1S/C14H13NO2/c1-10-5-4-8-13(17)14(10)15-9-11-6-2-3-7-12(11)16/h2-9,16-17H,1H3/b15-9+. The van der Waals surface area contributed by atoms with E-state index in [0.29, 0.717) is 11.3 Å². The first kappa shape index (κ1) is 11.2. The first-order valence-corrected chi connectivity index (χ1v) is 5.29. The van der Waals surface area contributed by atoms with Gasteiger partial charge < -0.3 is 10.2 Å². The van der Waals surface area contributed by atoms with Crippen LogP contribution < -0.4 is 0 Å². The summed E-state index contributed by atoms with van der Waals surface area (Å²) >= 11 is 0. The summed E-state index contributed by atoms with van der Waals surface area (Å²) < 4.78 is 0. The second kappa shape index (κ2) is 4.70. The molecule has 3 nitrogen and oxygen atoms in total. The zero-order chi connectivity index (χ0) is 12.3. The van der Waals surface area contributed by atoms with Crippen molar-refractivity contribution in [1.29, 1.82) is 0 Å². The highest BCUT2D eigenvalue weighted by atomic mass is 16.3. The fraction of sp³-hybridized carbons (Fsp3) is 0.0714. The minimum Gasteiger partial charge on any atom is -0.507 e. The molecule has 0 bridgehead atoms. The van der Waals surface area contributed by atoms with Crippen molar-refractivity contribution in [3.05, 3.63) is 53.6 Å². The van der Waals surface area contributed by atoms with Gasteiger partial charge in [-0.2, -0.15) is 0 Å². The molecule has 0 aliphatic rings. The maximum absolute atomic E-state index is 9.66. The average molecular weight is 227 g/mol. The topological polar surface area (TPSA) is 52.8 Å². The summed E-state index contributed by atoms with van der Waals surface area (Å²) in [7, 11) is 0. The summed E-state index contributed by atoms with van der Waals surface area (Å²) in [6.07, 6.45) is 1.54. The summed E-state index contributed by atoms with van der Waals surface area (Å²) in [6, 6.07) is 12.1. The Balaban J connectivity index is 2.36. The van der Waals surface area contributed by atoms with Crippen molar-refractivity contribution in [3.8, 4) is 11.5 Å². The third-order valence-electron chi connectivity index (χ3n) is 2.49. The van der Waals surface area contributed by atoms with Gasteiger partial charge in [0, 0.05) is 11.8 Å². The van der Waals surface area contributed by atoms with E-state index < -0.39 is 0 Å². The summed E-state index contributed by atoms with van der Waals surface area (Å²) in [5.74, 6) is 0.306. The van der Waals surface area contributed by atoms with Crippen molar-refractivity contribution in [1.82, 2.24) is 0 Å². The molecule has 17 heavy (non-hydrogen) atoms. The Labute approximate surface area is 99.7 Å². The third kappa shape index (κ3) is 2.45. The number of aryl methyl sites for hydroxylation is 1. The maximum Gasteiger partial charge on any atom is 0.141 e. The van der Waals surface area contributed by atoms with Gasteiger partial charge in [0.25, 0.3) is 0 Å². The van der Waals surface area contributed by atoms with Gasteiger partial charge in [-0.25, -0.2) is 0 Å². The van der Waals surface area contributed by atoms with Crippen LogP contribution >= 0.6 is 0 Å². The Morgan fingerprint density at radius 2 is 1.65 bits per heavy atom. The van der Waals surface area contributed by atoms with Crippen LogP contribution in [0.1, 0.15) is 11.1 Å². The molecule has 2 aromatic carbocycles. The van der Waals surface area contributed by atoms with E-state index in [1.165, 1.54) is 6.21 Å². The molecule has 0 unspecified atom stereocenters. The zero-order valence-corrected chi connectivity index (χ0v) is 9.46. The van der Waals surface area contributed by atoms with Gasteiger partial charge in [-0.1, -0.05) is 24.3 Å². The second-order valence-corrected chi connectivity index (χ2v) is 3.76. The number of rotatable bonds is 2. The largest absolute Gasteiger partial charge is 0.507 e. The van der Waals surface area contributed by atoms with E-state index in [9.17, 15) is 10.2 Å². The lowest BCUT2D eigenvalue weighted by Crippen LogP contribution is -1.82. The predicted molar refractivity (Wildman–Crippen MR) is 68.2 cm³/mol. The Kier molecular flexibility index (Phi) is 3.10. The van der Waals surface area contributed by atoms with Gasteiger partial charge in [-0.3, -0.25) is 4.99 Å². The molecule has 0 amide bonds. The molecular weight excluding hydrogens is 214 g/mol. The van der Waals surface area contributed by atoms with Crippen molar-refractivity contribution in [2.24, 2.45) is 4.99 Å². The highest BCUT2D eigenvalue weighted by Gasteiger charge is 2.02. The maximum atomic E-state index is 9.66. The van der Waals surface area contributed by atoms with Crippen LogP contribution in [0, 0.1) is 6.92 Å². The number of aromatic hydroxyl groups is 2. The summed E-state index contributed by atoms with van der Waals surface area (Å²) in [5, 5.41) is 19.2. The highest BCUT2D eigenvalue weighted by Crippen LogP contribution is 2.29. The van der Waals surface area contributed by atoms with Crippen LogP contribution in [0.2, 0.25) is 0 Å². The number of para-hydroxylation sites is 2. The molecule has 0 fully saturated rings. The average Bonchev–Trinajstić information content (AvgIpc) is 2.30. The molecule has 2 N–H and O–H groups in total. The van der Waals surface area contributed by atoms with E-state index in [1.807, 2.05) is 19.1 Å². The smallest absolute Gasteiger partial charge is 0.141 e. The highest BCUT2D eigenvalue weighted by molar-refractivity contribution is 5.86. The molecule has 0 saturated heterocycles. The Morgan fingerprint density at radius 1 is 0.941 bits per heavy atom. The monoisotopic (exact) mass is 227 g/mol. The van der Waals surface area contributed by atoms with E-state index in [-0.39, 0.29) is 11.5 Å². The summed E-state index contributed by atoms with van der Waals surface area (Å²) in [4.78, 5) is 4.20. The molecule has 3 heteroatoms. The zero-order valence-electron chi connectivity index (χ0n) is 9.46. The minimum absolute atomic E-state index is 0.136. The van der Waals surface area contributed by atoms with Gasteiger partial charge >= 0.3 is 0 Å². The number of hydrogen-bond donors (Lipinski definition) is 2. The predicted octanol–water partition coefficient (Wildman–Crippen LogP) is 3.16. The summed E-state index contributed by atoms with van der Waals surface area (Å²) in [5.41, 5.74) is 2.03. The van der Waals surface area contributed by atoms with Gasteiger partial charge in [-0.15, -0.1) is 0 Å². The molecule has 0 aliphatic heterocycles. The van der Waals surface area contributed by atoms with Crippen molar-refractivity contribution in [2.75, 3.05) is 0 Å². The van der Waals surface area contributed by atoms with E-state index in [0.717, 1.165) is 5.56 Å². The normalized spacial score (nSPS) is 10.9. The lowest BCUT2D eigenvalue weighted by Gasteiger charge is -2.02. The number of hydrogen-bond acceptors (Lipinski definition) is 3. The molecule has 0 spiro atoms. The number of benzene rings is 2. The summed E-state index contributed by atoms with van der Waals surface area (Å²) in [6.45, 7) is 1.87. The van der Waals surface area contributed by atoms with Gasteiger partial charge in [0.05, 0.1) is 0 Å². The van der Waals surface area contributed by atoms with E-state index in [4.69, 9.17) is 0 Å². The fourth-order valence-corrected chi connectivity index (χ4v) is 1.54. The number of phenolic OH excluding ortho intramolecular Hbond substituents is 2. The molecule has 0 saturated carbocycles. The van der Waals surface area contributed by atoms with E-state index >= 15 is 0 Å². The second-order valence-electron chi connectivity index (χ2n) is 3.76. The Bertz CT molecular complexity index is 542. The van der Waals surface area contributed by atoms with Gasteiger partial charge in [0.15, 0.2) is 0 Å². The molecule has 0 aromatic heterocycles. The number of nitrogens with zero attached hydrogens (tertiary/aromatic N) is 1. The van der Waals surface area contributed by atoms with E-state index in [2.05, 4.69) is 4.99 Å². The van der Waals surface area contributed by atoms with Crippen LogP contribution in [0.15, 0.2) is 47.5 Å². The fourth-order valence-electron chi connectivity index (χ4n) is 1.54.